The first-order valence-electron chi connectivity index (χ1n) is 6.85. The summed E-state index contributed by atoms with van der Waals surface area (Å²) in [5.41, 5.74) is 8.03. The number of nitrogens with two attached hydrogens (primary N) is 1. The summed E-state index contributed by atoms with van der Waals surface area (Å²) in [6, 6.07) is 1.45. The van der Waals surface area contributed by atoms with Gasteiger partial charge in [-0.1, -0.05) is 12.2 Å². The molecular weight excluding hydrogens is 299 g/mol. The molecule has 1 heterocycles. The molecule has 1 aromatic rings. The second-order valence-corrected chi connectivity index (χ2v) is 5.96. The van der Waals surface area contributed by atoms with E-state index in [9.17, 15) is 13.2 Å². The molecule has 2 rings (SSSR count). The van der Waals surface area contributed by atoms with Gasteiger partial charge in [-0.25, -0.2) is 4.98 Å². The molecule has 0 bridgehead atoms. The van der Waals surface area contributed by atoms with E-state index in [1.54, 1.807) is 19.9 Å². The highest BCUT2D eigenvalue weighted by atomic mass is 32.1. The van der Waals surface area contributed by atoms with Gasteiger partial charge in [-0.3, -0.25) is 0 Å². The summed E-state index contributed by atoms with van der Waals surface area (Å²) >= 11 is 5.00. The van der Waals surface area contributed by atoms with Crippen molar-refractivity contribution in [2.75, 3.05) is 11.4 Å². The molecule has 7 heteroatoms. The van der Waals surface area contributed by atoms with Crippen molar-refractivity contribution in [1.82, 2.24) is 4.98 Å². The number of halogens is 3. The molecule has 0 atom stereocenters. The van der Waals surface area contributed by atoms with E-state index in [0.29, 0.717) is 5.56 Å². The van der Waals surface area contributed by atoms with Gasteiger partial charge in [0.15, 0.2) is 0 Å². The number of thiocarbonyl (C=S) groups is 1. The Morgan fingerprint density at radius 1 is 1.43 bits per heavy atom. The van der Waals surface area contributed by atoms with Crippen LogP contribution in [0.25, 0.3) is 0 Å². The highest BCUT2D eigenvalue weighted by molar-refractivity contribution is 7.80. The van der Waals surface area contributed by atoms with Crippen molar-refractivity contribution in [3.63, 3.8) is 0 Å². The lowest BCUT2D eigenvalue weighted by atomic mass is 10.1. The van der Waals surface area contributed by atoms with Crippen LogP contribution in [0, 0.1) is 0 Å². The van der Waals surface area contributed by atoms with Crippen LogP contribution in [-0.2, 0) is 12.8 Å². The average Bonchev–Trinajstić information content (AvgIpc) is 2.80. The highest BCUT2D eigenvalue weighted by Gasteiger charge is 2.34. The van der Waals surface area contributed by atoms with Gasteiger partial charge in [-0.05, 0) is 44.7 Å². The van der Waals surface area contributed by atoms with Crippen LogP contribution < -0.4 is 10.6 Å². The maximum Gasteiger partial charge on any atom is 0.405 e. The average molecular weight is 317 g/mol. The van der Waals surface area contributed by atoms with E-state index in [1.807, 2.05) is 0 Å². The molecule has 2 N–H and O–H groups in total. The van der Waals surface area contributed by atoms with E-state index in [1.165, 1.54) is 4.90 Å². The molecule has 0 spiro atoms. The molecule has 0 aromatic carbocycles. The molecule has 0 aliphatic heterocycles. The van der Waals surface area contributed by atoms with Crippen molar-refractivity contribution in [3.8, 4) is 0 Å². The smallest absolute Gasteiger partial charge is 0.389 e. The fourth-order valence-corrected chi connectivity index (χ4v) is 2.71. The zero-order chi connectivity index (χ0) is 15.8. The van der Waals surface area contributed by atoms with Crippen molar-refractivity contribution < 1.29 is 13.2 Å². The predicted octanol–water partition coefficient (Wildman–Crippen LogP) is 2.98. The van der Waals surface area contributed by atoms with Gasteiger partial charge in [0.25, 0.3) is 0 Å². The van der Waals surface area contributed by atoms with Crippen LogP contribution >= 0.6 is 12.2 Å². The third-order valence-corrected chi connectivity index (χ3v) is 3.76. The number of fused-ring (bicyclic) bond motifs is 1. The Kier molecular flexibility index (Phi) is 4.41. The summed E-state index contributed by atoms with van der Waals surface area (Å²) in [6.07, 6.45) is -1.68. The largest absolute Gasteiger partial charge is 0.405 e. The van der Waals surface area contributed by atoms with Gasteiger partial charge < -0.3 is 10.6 Å². The summed E-state index contributed by atoms with van der Waals surface area (Å²) in [7, 11) is 0. The van der Waals surface area contributed by atoms with E-state index in [4.69, 9.17) is 18.0 Å². The number of aromatic nitrogens is 1. The molecule has 116 valence electrons. The maximum absolute atomic E-state index is 12.8. The lowest BCUT2D eigenvalue weighted by molar-refractivity contribution is -0.120. The Morgan fingerprint density at radius 3 is 2.62 bits per heavy atom. The van der Waals surface area contributed by atoms with Gasteiger partial charge >= 0.3 is 6.18 Å². The predicted molar refractivity (Wildman–Crippen MR) is 80.7 cm³/mol. The summed E-state index contributed by atoms with van der Waals surface area (Å²) in [4.78, 5) is 5.74. The third kappa shape index (κ3) is 3.64. The summed E-state index contributed by atoms with van der Waals surface area (Å²) in [6.45, 7) is 2.33. The molecule has 1 aromatic heterocycles. The molecule has 0 fully saturated rings. The summed E-state index contributed by atoms with van der Waals surface area (Å²) in [5.74, 6) is 0.246. The van der Waals surface area contributed by atoms with Gasteiger partial charge in [0.2, 0.25) is 0 Å². The molecule has 0 saturated heterocycles. The number of rotatable bonds is 4. The monoisotopic (exact) mass is 317 g/mol. The minimum absolute atomic E-state index is 0.0834. The molecular formula is C14H18F3N3S. The quantitative estimate of drug-likeness (QED) is 0.867. The van der Waals surface area contributed by atoms with E-state index in [2.05, 4.69) is 4.98 Å². The first kappa shape index (κ1) is 16.0. The van der Waals surface area contributed by atoms with Gasteiger partial charge in [0, 0.05) is 11.7 Å². The minimum atomic E-state index is -4.31. The van der Waals surface area contributed by atoms with Crippen molar-refractivity contribution in [2.24, 2.45) is 5.73 Å². The van der Waals surface area contributed by atoms with Crippen LogP contribution in [0.15, 0.2) is 6.07 Å². The number of nitrogens with zero attached hydrogens (tertiary/aromatic N) is 2. The van der Waals surface area contributed by atoms with Crippen LogP contribution in [0.4, 0.5) is 19.0 Å². The second-order valence-electron chi connectivity index (χ2n) is 5.52. The van der Waals surface area contributed by atoms with Crippen LogP contribution in [0.5, 0.6) is 0 Å². The van der Waals surface area contributed by atoms with Crippen molar-refractivity contribution in [2.45, 2.75) is 45.3 Å². The maximum atomic E-state index is 12.8. The lowest BCUT2D eigenvalue weighted by Crippen LogP contribution is -2.41. The number of pyridine rings is 1. The zero-order valence-corrected chi connectivity index (χ0v) is 12.8. The van der Waals surface area contributed by atoms with Crippen LogP contribution in [0.3, 0.4) is 0 Å². The Bertz CT molecular complexity index is 555. The molecule has 0 unspecified atom stereocenters. The SMILES string of the molecule is CC(C)N(CC(F)(F)F)c1nc2c(cc1C(N)=S)CCC2. The minimum Gasteiger partial charge on any atom is -0.389 e. The summed E-state index contributed by atoms with van der Waals surface area (Å²) < 4.78 is 38.5. The van der Waals surface area contributed by atoms with Crippen LogP contribution in [0.1, 0.15) is 37.1 Å². The van der Waals surface area contributed by atoms with E-state index in [0.717, 1.165) is 30.5 Å². The van der Waals surface area contributed by atoms with E-state index >= 15 is 0 Å². The van der Waals surface area contributed by atoms with Crippen LogP contribution in [-0.4, -0.2) is 28.7 Å². The molecule has 1 aliphatic rings. The van der Waals surface area contributed by atoms with Gasteiger partial charge in [-0.15, -0.1) is 0 Å². The molecule has 0 saturated carbocycles. The molecule has 21 heavy (non-hydrogen) atoms. The van der Waals surface area contributed by atoms with Gasteiger partial charge in [-0.2, -0.15) is 13.2 Å². The number of anilines is 1. The zero-order valence-electron chi connectivity index (χ0n) is 12.0. The second kappa shape index (κ2) is 5.79. The molecule has 0 amide bonds. The van der Waals surface area contributed by atoms with Gasteiger partial charge in [0.05, 0.1) is 5.56 Å². The standard InChI is InChI=1S/C14H18F3N3S/c1-8(2)20(7-14(15,16)17)13-10(12(18)21)6-9-4-3-5-11(9)19-13/h6,8H,3-5,7H2,1-2H3,(H2,18,21). The molecule has 3 nitrogen and oxygen atoms in total. The number of hydrogen-bond acceptors (Lipinski definition) is 3. The van der Waals surface area contributed by atoms with Crippen LogP contribution in [0.2, 0.25) is 0 Å². The molecule has 1 aliphatic carbocycles. The first-order valence-corrected chi connectivity index (χ1v) is 7.26. The molecule has 0 radical (unpaired) electrons. The van der Waals surface area contributed by atoms with E-state index < -0.39 is 12.7 Å². The number of aryl methyl sites for hydroxylation is 2. The highest BCUT2D eigenvalue weighted by Crippen LogP contribution is 2.30. The summed E-state index contributed by atoms with van der Waals surface area (Å²) in [5, 5.41) is 0. The first-order chi connectivity index (χ1) is 9.69. The van der Waals surface area contributed by atoms with Gasteiger partial charge in [0.1, 0.15) is 17.4 Å². The number of alkyl halides is 3. The van der Waals surface area contributed by atoms with Crippen molar-refractivity contribution in [1.29, 1.82) is 0 Å². The van der Waals surface area contributed by atoms with E-state index in [-0.39, 0.29) is 16.8 Å². The van der Waals surface area contributed by atoms with Crippen molar-refractivity contribution >= 4 is 23.0 Å². The fraction of sp³-hybridized carbons (Fsp3) is 0.571. The Morgan fingerprint density at radius 2 is 2.10 bits per heavy atom. The Hall–Kier alpha value is -1.37. The fourth-order valence-electron chi connectivity index (χ4n) is 2.56. The lowest BCUT2D eigenvalue weighted by Gasteiger charge is -2.30. The third-order valence-electron chi connectivity index (χ3n) is 3.54. The Balaban J connectivity index is 2.50. The number of hydrogen-bond donors (Lipinski definition) is 1. The normalized spacial score (nSPS) is 14.4. The van der Waals surface area contributed by atoms with Crippen molar-refractivity contribution in [3.05, 3.63) is 22.9 Å². The topological polar surface area (TPSA) is 42.2 Å². The Labute approximate surface area is 127 Å².